The Bertz CT molecular complexity index is 666. The molecule has 0 unspecified atom stereocenters. The van der Waals surface area contributed by atoms with E-state index >= 15 is 0 Å². The molecule has 142 valence electrons. The van der Waals surface area contributed by atoms with Crippen LogP contribution in [0, 0.1) is 0 Å². The molecule has 0 N–H and O–H groups in total. The van der Waals surface area contributed by atoms with Gasteiger partial charge in [0.05, 0.1) is 12.6 Å². The summed E-state index contributed by atoms with van der Waals surface area (Å²) in [5.74, 6) is 0.0875. The molecule has 1 aromatic rings. The molecule has 0 saturated carbocycles. The van der Waals surface area contributed by atoms with E-state index in [0.717, 1.165) is 6.42 Å². The first-order chi connectivity index (χ1) is 12.1. The predicted octanol–water partition coefficient (Wildman–Crippen LogP) is 4.64. The Morgan fingerprint density at radius 2 is 2.00 bits per heavy atom. The molecule has 0 amide bonds. The number of nitrogens with zero attached hydrogens (tertiary/aromatic N) is 4. The van der Waals surface area contributed by atoms with Crippen molar-refractivity contribution < 1.29 is 9.22 Å². The van der Waals surface area contributed by atoms with E-state index in [-0.39, 0.29) is 23.0 Å². The molecule has 2 rings (SSSR count). The Morgan fingerprint density at radius 3 is 2.58 bits per heavy atom. The summed E-state index contributed by atoms with van der Waals surface area (Å²) in [5.41, 5.74) is 9.39. The van der Waals surface area contributed by atoms with Gasteiger partial charge in [-0.05, 0) is 30.1 Å². The van der Waals surface area contributed by atoms with E-state index in [0.29, 0.717) is 25.2 Å². The fourth-order valence-electron chi connectivity index (χ4n) is 3.03. The number of benzene rings is 1. The smallest absolute Gasteiger partial charge is 0.192 e. The zero-order chi connectivity index (χ0) is 19.4. The van der Waals surface area contributed by atoms with Crippen molar-refractivity contribution in [3.05, 3.63) is 46.3 Å². The van der Waals surface area contributed by atoms with Crippen LogP contribution in [0.25, 0.3) is 10.4 Å². The van der Waals surface area contributed by atoms with Crippen molar-refractivity contribution in [2.75, 3.05) is 19.6 Å². The summed E-state index contributed by atoms with van der Waals surface area (Å²) in [4.78, 5) is 17.6. The van der Waals surface area contributed by atoms with Crippen LogP contribution in [-0.2, 0) is 4.43 Å². The summed E-state index contributed by atoms with van der Waals surface area (Å²) in [7, 11) is -1.88. The molecule has 1 fully saturated rings. The van der Waals surface area contributed by atoms with Gasteiger partial charge in [0, 0.05) is 29.6 Å². The minimum absolute atomic E-state index is 0.0494. The molecule has 0 spiro atoms. The zero-order valence-corrected chi connectivity index (χ0v) is 17.5. The van der Waals surface area contributed by atoms with Crippen LogP contribution in [0.2, 0.25) is 18.1 Å². The molecule has 2 atom stereocenters. The minimum Gasteiger partial charge on any atom is -0.413 e. The highest BCUT2D eigenvalue weighted by atomic mass is 28.4. The number of hydrogen-bond acceptors (Lipinski definition) is 4. The second kappa shape index (κ2) is 8.35. The normalized spacial score (nSPS) is 21.4. The second-order valence-electron chi connectivity index (χ2n) is 8.52. The van der Waals surface area contributed by atoms with Gasteiger partial charge < -0.3 is 4.43 Å². The van der Waals surface area contributed by atoms with Gasteiger partial charge in [0.1, 0.15) is 0 Å². The number of rotatable bonds is 7. The molecule has 0 radical (unpaired) electrons. The molecule has 1 aromatic carbocycles. The van der Waals surface area contributed by atoms with Gasteiger partial charge in [-0.2, -0.15) is 0 Å². The lowest BCUT2D eigenvalue weighted by atomic mass is 10.1. The number of hydrogen-bond donors (Lipinski definition) is 0. The van der Waals surface area contributed by atoms with Crippen molar-refractivity contribution in [3.63, 3.8) is 0 Å². The summed E-state index contributed by atoms with van der Waals surface area (Å²) >= 11 is 0. The highest BCUT2D eigenvalue weighted by Crippen LogP contribution is 2.38. The molecule has 1 aliphatic rings. The molecule has 7 heteroatoms. The van der Waals surface area contributed by atoms with Crippen LogP contribution in [0.15, 0.2) is 35.4 Å². The minimum atomic E-state index is -1.88. The maximum absolute atomic E-state index is 12.6. The van der Waals surface area contributed by atoms with Crippen molar-refractivity contribution in [1.82, 2.24) is 4.90 Å². The van der Waals surface area contributed by atoms with E-state index in [1.807, 2.05) is 30.3 Å². The lowest BCUT2D eigenvalue weighted by molar-refractivity contribution is 0.0915. The molecular weight excluding hydrogens is 344 g/mol. The van der Waals surface area contributed by atoms with Gasteiger partial charge in [0.2, 0.25) is 0 Å². The summed E-state index contributed by atoms with van der Waals surface area (Å²) in [6.45, 7) is 12.6. The van der Waals surface area contributed by atoms with Crippen molar-refractivity contribution >= 4 is 14.1 Å². The maximum Gasteiger partial charge on any atom is 0.192 e. The van der Waals surface area contributed by atoms with Gasteiger partial charge in [-0.25, -0.2) is 0 Å². The SMILES string of the molecule is CC(C)(C)[Si](C)(C)O[C@@H]1C[C@H](CN=[N+]=[N-])N(CC(=O)c2ccccc2)C1. The molecule has 0 bridgehead atoms. The van der Waals surface area contributed by atoms with E-state index in [1.54, 1.807) is 0 Å². The number of ketones is 1. The Kier molecular flexibility index (Phi) is 6.63. The molecular formula is C19H30N4O2Si. The van der Waals surface area contributed by atoms with Gasteiger partial charge >= 0.3 is 0 Å². The van der Waals surface area contributed by atoms with E-state index in [9.17, 15) is 4.79 Å². The van der Waals surface area contributed by atoms with Crippen molar-refractivity contribution in [2.24, 2.45) is 5.11 Å². The second-order valence-corrected chi connectivity index (χ2v) is 13.3. The summed E-state index contributed by atoms with van der Waals surface area (Å²) in [6.07, 6.45) is 0.881. The molecule has 0 aromatic heterocycles. The van der Waals surface area contributed by atoms with Crippen LogP contribution in [0.5, 0.6) is 0 Å². The third-order valence-electron chi connectivity index (χ3n) is 5.56. The number of likely N-dealkylation sites (tertiary alicyclic amines) is 1. The predicted molar refractivity (Wildman–Crippen MR) is 107 cm³/mol. The van der Waals surface area contributed by atoms with E-state index in [2.05, 4.69) is 48.8 Å². The van der Waals surface area contributed by atoms with E-state index in [1.165, 1.54) is 0 Å². The first kappa shape index (κ1) is 20.6. The van der Waals surface area contributed by atoms with Crippen LogP contribution < -0.4 is 0 Å². The number of carbonyl (C=O) groups excluding carboxylic acids is 1. The third kappa shape index (κ3) is 5.17. The molecule has 0 aliphatic carbocycles. The largest absolute Gasteiger partial charge is 0.413 e. The highest BCUT2D eigenvalue weighted by Gasteiger charge is 2.42. The molecule has 1 heterocycles. The lowest BCUT2D eigenvalue weighted by Gasteiger charge is -2.38. The van der Waals surface area contributed by atoms with Gasteiger partial charge in [-0.1, -0.05) is 56.2 Å². The monoisotopic (exact) mass is 374 g/mol. The summed E-state index contributed by atoms with van der Waals surface area (Å²) in [5, 5.41) is 3.89. The van der Waals surface area contributed by atoms with Gasteiger partial charge in [0.25, 0.3) is 0 Å². The topological polar surface area (TPSA) is 78.3 Å². The van der Waals surface area contributed by atoms with Crippen molar-refractivity contribution in [1.29, 1.82) is 0 Å². The average molecular weight is 375 g/mol. The molecule has 1 aliphatic heterocycles. The Hall–Kier alpha value is -1.66. The van der Waals surface area contributed by atoms with Crippen LogP contribution in [-0.4, -0.2) is 50.8 Å². The number of azide groups is 1. The Morgan fingerprint density at radius 1 is 1.35 bits per heavy atom. The van der Waals surface area contributed by atoms with E-state index in [4.69, 9.17) is 9.96 Å². The molecule has 1 saturated heterocycles. The number of carbonyl (C=O) groups is 1. The fraction of sp³-hybridized carbons (Fsp3) is 0.632. The first-order valence-electron chi connectivity index (χ1n) is 9.15. The standard InChI is InChI=1S/C19H30N4O2Si/c1-19(2,3)26(4,5)25-17-11-16(12-21-22-20)23(13-17)14-18(24)15-9-7-6-8-10-15/h6-10,16-17H,11-14H2,1-5H3/t16-,17-/m1/s1. The lowest BCUT2D eigenvalue weighted by Crippen LogP contribution is -2.44. The van der Waals surface area contributed by atoms with Crippen LogP contribution in [0.4, 0.5) is 0 Å². The number of Topliss-reactive ketones (excluding diaryl/α,β-unsaturated/α-hetero) is 1. The third-order valence-corrected chi connectivity index (χ3v) is 10.1. The van der Waals surface area contributed by atoms with Crippen LogP contribution in [0.1, 0.15) is 37.6 Å². The summed E-state index contributed by atoms with van der Waals surface area (Å²) < 4.78 is 6.54. The van der Waals surface area contributed by atoms with Gasteiger partial charge in [0.15, 0.2) is 14.1 Å². The van der Waals surface area contributed by atoms with Crippen LogP contribution >= 0.6 is 0 Å². The van der Waals surface area contributed by atoms with E-state index < -0.39 is 8.32 Å². The molecule has 26 heavy (non-hydrogen) atoms. The van der Waals surface area contributed by atoms with Crippen molar-refractivity contribution in [3.8, 4) is 0 Å². The van der Waals surface area contributed by atoms with Gasteiger partial charge in [-0.15, -0.1) is 0 Å². The molecule has 6 nitrogen and oxygen atoms in total. The average Bonchev–Trinajstić information content (AvgIpc) is 2.93. The maximum atomic E-state index is 12.6. The first-order valence-corrected chi connectivity index (χ1v) is 12.1. The fourth-order valence-corrected chi connectivity index (χ4v) is 4.39. The Balaban J connectivity index is 2.08. The van der Waals surface area contributed by atoms with Gasteiger partial charge in [-0.3, -0.25) is 9.69 Å². The quantitative estimate of drug-likeness (QED) is 0.229. The van der Waals surface area contributed by atoms with Crippen molar-refractivity contribution in [2.45, 2.75) is 57.5 Å². The van der Waals surface area contributed by atoms with Crippen LogP contribution in [0.3, 0.4) is 0 Å². The summed E-state index contributed by atoms with van der Waals surface area (Å²) in [6, 6.07) is 9.37. The highest BCUT2D eigenvalue weighted by molar-refractivity contribution is 6.74. The Labute approximate surface area is 157 Å². The zero-order valence-electron chi connectivity index (χ0n) is 16.5.